The first-order valence-corrected chi connectivity index (χ1v) is 12.4. The number of hydrogen-bond donors (Lipinski definition) is 4. The third-order valence-electron chi connectivity index (χ3n) is 4.70. The van der Waals surface area contributed by atoms with Crippen LogP contribution < -0.4 is 5.32 Å². The zero-order valence-corrected chi connectivity index (χ0v) is 18.2. The van der Waals surface area contributed by atoms with E-state index in [0.29, 0.717) is 35.6 Å². The summed E-state index contributed by atoms with van der Waals surface area (Å²) in [6.07, 6.45) is -1.37. The molecule has 3 heterocycles. The fourth-order valence-corrected chi connectivity index (χ4v) is 4.68. The maximum atomic E-state index is 11.2. The Morgan fingerprint density at radius 1 is 1.23 bits per heavy atom. The number of imidazole rings is 1. The molecule has 166 valence electrons. The van der Waals surface area contributed by atoms with Gasteiger partial charge >= 0.3 is 7.60 Å². The Hall–Kier alpha value is -2.05. The summed E-state index contributed by atoms with van der Waals surface area (Å²) in [5.74, 6) is 0.585. The zero-order valence-electron chi connectivity index (χ0n) is 16.5. The highest BCUT2D eigenvalue weighted by Crippen LogP contribution is 2.43. The average molecular weight is 467 g/mol. The Bertz CT molecular complexity index is 1080. The van der Waals surface area contributed by atoms with E-state index in [1.165, 1.54) is 17.2 Å². The van der Waals surface area contributed by atoms with E-state index in [2.05, 4.69) is 20.3 Å². The van der Waals surface area contributed by atoms with Gasteiger partial charge in [0.25, 0.3) is 0 Å². The number of nitrogens with zero attached hydrogens (tertiary/aromatic N) is 4. The summed E-state index contributed by atoms with van der Waals surface area (Å²) in [5, 5.41) is 24.1. The lowest BCUT2D eigenvalue weighted by Crippen LogP contribution is -2.32. The monoisotopic (exact) mass is 467 g/mol. The minimum absolute atomic E-state index is 0.0542. The molecule has 13 heteroatoms. The predicted molar refractivity (Wildman–Crippen MR) is 114 cm³/mol. The van der Waals surface area contributed by atoms with Gasteiger partial charge in [0.2, 0.25) is 0 Å². The highest BCUT2D eigenvalue weighted by atomic mass is 32.2. The molecule has 11 nitrogen and oxygen atoms in total. The standard InChI is InChI=1S/C18H22N5O6PS/c1-30(26,27)29-31-8-12-14(24)15(25)18(28-12)23-10-22-13-16(20-9-21-17(13)23)19-7-11-5-3-2-4-6-11/h2-6,9-10,12,14-15,18,24-25H,7-8H2,1H3,(H,26,27)(H,19,20,21)/t12-,14-,15?,18-/m1/s1. The first-order chi connectivity index (χ1) is 14.8. The molecule has 0 bridgehead atoms. The van der Waals surface area contributed by atoms with Crippen LogP contribution in [0.4, 0.5) is 5.82 Å². The summed E-state index contributed by atoms with van der Waals surface area (Å²) in [5.41, 5.74) is 2.00. The SMILES string of the molecule is CP(=O)(O)OSC[C@H]1O[C@@H](n2cnc3c(NCc4ccccc4)ncnc32)C(O)[C@@H]1O. The lowest BCUT2D eigenvalue weighted by Gasteiger charge is -2.16. The molecule has 0 saturated carbocycles. The van der Waals surface area contributed by atoms with Crippen LogP contribution in [-0.4, -0.2) is 65.4 Å². The van der Waals surface area contributed by atoms with Crippen molar-refractivity contribution in [3.05, 3.63) is 48.5 Å². The third kappa shape index (κ3) is 5.07. The largest absolute Gasteiger partial charge is 0.387 e. The van der Waals surface area contributed by atoms with Crippen molar-refractivity contribution >= 4 is 36.6 Å². The quantitative estimate of drug-likeness (QED) is 0.282. The van der Waals surface area contributed by atoms with Crippen LogP contribution in [0.3, 0.4) is 0 Å². The van der Waals surface area contributed by atoms with Crippen LogP contribution >= 0.6 is 19.6 Å². The predicted octanol–water partition coefficient (Wildman–Crippen LogP) is 1.54. The molecular weight excluding hydrogens is 445 g/mol. The van der Waals surface area contributed by atoms with Crippen molar-refractivity contribution in [2.45, 2.75) is 31.1 Å². The normalized spacial score (nSPS) is 25.5. The minimum Gasteiger partial charge on any atom is -0.387 e. The summed E-state index contributed by atoms with van der Waals surface area (Å²) in [7, 11) is -3.66. The fourth-order valence-electron chi connectivity index (χ4n) is 3.24. The first kappa shape index (κ1) is 22.2. The molecule has 1 saturated heterocycles. The second-order valence-corrected chi connectivity index (χ2v) is 9.87. The third-order valence-corrected chi connectivity index (χ3v) is 6.69. The number of benzene rings is 1. The number of nitrogens with one attached hydrogen (secondary N) is 1. The molecule has 3 aromatic rings. The zero-order chi connectivity index (χ0) is 22.0. The van der Waals surface area contributed by atoms with E-state index in [-0.39, 0.29) is 5.75 Å². The second-order valence-electron chi connectivity index (χ2n) is 7.09. The van der Waals surface area contributed by atoms with Gasteiger partial charge in [0, 0.05) is 31.0 Å². The minimum atomic E-state index is -3.66. The molecule has 0 amide bonds. The van der Waals surface area contributed by atoms with Crippen LogP contribution in [0.15, 0.2) is 43.0 Å². The molecule has 2 aromatic heterocycles. The number of aromatic nitrogens is 4. The van der Waals surface area contributed by atoms with E-state index in [1.807, 2.05) is 30.3 Å². The Kier molecular flexibility index (Phi) is 6.58. The highest BCUT2D eigenvalue weighted by Gasteiger charge is 2.44. The van der Waals surface area contributed by atoms with Crippen LogP contribution in [0, 0.1) is 0 Å². The summed E-state index contributed by atoms with van der Waals surface area (Å²) in [6.45, 7) is 1.61. The maximum Gasteiger partial charge on any atom is 0.336 e. The molecule has 4 rings (SSSR count). The van der Waals surface area contributed by atoms with Crippen molar-refractivity contribution in [3.8, 4) is 0 Å². The molecule has 4 N–H and O–H groups in total. The van der Waals surface area contributed by atoms with E-state index in [4.69, 9.17) is 8.71 Å². The van der Waals surface area contributed by atoms with Gasteiger partial charge in [0.15, 0.2) is 23.2 Å². The molecule has 1 aromatic carbocycles. The molecule has 2 unspecified atom stereocenters. The number of hydrogen-bond acceptors (Lipinski definition) is 10. The number of ether oxygens (including phenoxy) is 1. The van der Waals surface area contributed by atoms with Crippen LogP contribution in [0.25, 0.3) is 11.2 Å². The van der Waals surface area contributed by atoms with Crippen LogP contribution in [-0.2, 0) is 19.8 Å². The highest BCUT2D eigenvalue weighted by molar-refractivity contribution is 7.98. The topological polar surface area (TPSA) is 152 Å². The van der Waals surface area contributed by atoms with Gasteiger partial charge in [-0.2, -0.15) is 0 Å². The van der Waals surface area contributed by atoms with Crippen molar-refractivity contribution in [1.82, 2.24) is 19.5 Å². The number of aliphatic hydroxyl groups excluding tert-OH is 2. The molecule has 0 aliphatic carbocycles. The molecule has 0 radical (unpaired) electrons. The first-order valence-electron chi connectivity index (χ1n) is 9.42. The van der Waals surface area contributed by atoms with Gasteiger partial charge in [-0.15, -0.1) is 0 Å². The number of fused-ring (bicyclic) bond motifs is 1. The molecule has 5 atom stereocenters. The van der Waals surface area contributed by atoms with Crippen LogP contribution in [0.2, 0.25) is 0 Å². The number of aliphatic hydroxyl groups is 2. The van der Waals surface area contributed by atoms with Crippen molar-refractivity contribution in [1.29, 1.82) is 0 Å². The Morgan fingerprint density at radius 3 is 2.74 bits per heavy atom. The smallest absolute Gasteiger partial charge is 0.336 e. The lowest BCUT2D eigenvalue weighted by molar-refractivity contribution is -0.0290. The number of rotatable bonds is 8. The molecular formula is C18H22N5O6PS. The summed E-state index contributed by atoms with van der Waals surface area (Å²) in [6, 6.07) is 9.82. The van der Waals surface area contributed by atoms with Crippen LogP contribution in [0.5, 0.6) is 0 Å². The fraction of sp³-hybridized carbons (Fsp3) is 0.389. The molecule has 1 aliphatic rings. The van der Waals surface area contributed by atoms with Crippen molar-refractivity contribution < 1.29 is 28.4 Å². The van der Waals surface area contributed by atoms with E-state index in [9.17, 15) is 19.7 Å². The van der Waals surface area contributed by atoms with Crippen molar-refractivity contribution in [2.24, 2.45) is 0 Å². The maximum absolute atomic E-state index is 11.2. The van der Waals surface area contributed by atoms with Gasteiger partial charge in [0.1, 0.15) is 24.6 Å². The van der Waals surface area contributed by atoms with Gasteiger partial charge < -0.3 is 25.2 Å². The molecule has 0 spiro atoms. The Morgan fingerprint density at radius 2 is 2.00 bits per heavy atom. The molecule has 1 fully saturated rings. The van der Waals surface area contributed by atoms with Gasteiger partial charge in [-0.05, 0) is 5.56 Å². The van der Waals surface area contributed by atoms with E-state index >= 15 is 0 Å². The summed E-state index contributed by atoms with van der Waals surface area (Å²) in [4.78, 5) is 22.1. The summed E-state index contributed by atoms with van der Waals surface area (Å²) < 4.78 is 23.3. The number of anilines is 1. The Balaban J connectivity index is 1.50. The van der Waals surface area contributed by atoms with Gasteiger partial charge in [-0.3, -0.25) is 9.13 Å². The van der Waals surface area contributed by atoms with E-state index in [1.54, 1.807) is 0 Å². The Labute approximate surface area is 182 Å². The lowest BCUT2D eigenvalue weighted by atomic mass is 10.1. The van der Waals surface area contributed by atoms with E-state index < -0.39 is 32.1 Å². The van der Waals surface area contributed by atoms with E-state index in [0.717, 1.165) is 12.2 Å². The molecule has 1 aliphatic heterocycles. The van der Waals surface area contributed by atoms with Gasteiger partial charge in [0.05, 0.1) is 6.33 Å². The second kappa shape index (κ2) is 9.21. The van der Waals surface area contributed by atoms with Crippen molar-refractivity contribution in [2.75, 3.05) is 17.7 Å². The summed E-state index contributed by atoms with van der Waals surface area (Å²) >= 11 is 0.703. The van der Waals surface area contributed by atoms with Gasteiger partial charge in [-0.25, -0.2) is 18.9 Å². The van der Waals surface area contributed by atoms with Crippen LogP contribution in [0.1, 0.15) is 11.8 Å². The molecule has 31 heavy (non-hydrogen) atoms. The van der Waals surface area contributed by atoms with Crippen molar-refractivity contribution in [3.63, 3.8) is 0 Å². The van der Waals surface area contributed by atoms with Gasteiger partial charge in [-0.1, -0.05) is 30.3 Å². The average Bonchev–Trinajstić information content (AvgIpc) is 3.29.